The highest BCUT2D eigenvalue weighted by molar-refractivity contribution is 6.07. The van der Waals surface area contributed by atoms with Gasteiger partial charge in [-0.05, 0) is 61.6 Å². The second kappa shape index (κ2) is 9.38. The summed E-state index contributed by atoms with van der Waals surface area (Å²) in [5, 5.41) is 7.51. The van der Waals surface area contributed by atoms with E-state index >= 15 is 0 Å². The summed E-state index contributed by atoms with van der Waals surface area (Å²) in [6.45, 7) is 7.13. The van der Waals surface area contributed by atoms with Crippen LogP contribution in [-0.4, -0.2) is 23.5 Å². The molecule has 1 fully saturated rings. The van der Waals surface area contributed by atoms with Crippen LogP contribution in [0.5, 0.6) is 5.75 Å². The first kappa shape index (κ1) is 21.2. The molecule has 1 aliphatic rings. The van der Waals surface area contributed by atoms with E-state index in [1.54, 1.807) is 0 Å². The molecule has 4 rings (SSSR count). The van der Waals surface area contributed by atoms with Gasteiger partial charge in [0.2, 0.25) is 0 Å². The minimum atomic E-state index is -0.0284. The van der Waals surface area contributed by atoms with Gasteiger partial charge in [0, 0.05) is 17.1 Å². The van der Waals surface area contributed by atoms with Crippen molar-refractivity contribution in [3.8, 4) is 5.75 Å². The Morgan fingerprint density at radius 3 is 2.65 bits per heavy atom. The lowest BCUT2D eigenvalue weighted by molar-refractivity contribution is 0.0892. The number of benzene rings is 2. The summed E-state index contributed by atoms with van der Waals surface area (Å²) in [6, 6.07) is 17.6. The number of amides is 1. The van der Waals surface area contributed by atoms with Gasteiger partial charge in [-0.25, -0.2) is 4.98 Å². The van der Waals surface area contributed by atoms with Crippen molar-refractivity contribution in [3.05, 3.63) is 60.2 Å². The molecule has 0 aliphatic heterocycles. The minimum absolute atomic E-state index is 0.0284. The summed E-state index contributed by atoms with van der Waals surface area (Å²) in [7, 11) is 0. The molecule has 0 radical (unpaired) electrons. The van der Waals surface area contributed by atoms with Crippen molar-refractivity contribution < 1.29 is 9.53 Å². The molecule has 5 nitrogen and oxygen atoms in total. The number of nitrogens with one attached hydrogen (secondary N) is 2. The third kappa shape index (κ3) is 4.82. The van der Waals surface area contributed by atoms with Crippen LogP contribution in [0.3, 0.4) is 0 Å². The van der Waals surface area contributed by atoms with Crippen molar-refractivity contribution in [1.29, 1.82) is 0 Å². The number of hydrogen-bond acceptors (Lipinski definition) is 4. The average molecular weight is 418 g/mol. The molecule has 0 unspecified atom stereocenters. The van der Waals surface area contributed by atoms with Gasteiger partial charge in [-0.3, -0.25) is 4.79 Å². The maximum atomic E-state index is 13.3. The second-order valence-corrected chi connectivity index (χ2v) is 8.50. The zero-order valence-corrected chi connectivity index (χ0v) is 18.5. The third-order valence-corrected chi connectivity index (χ3v) is 6.42. The predicted molar refractivity (Wildman–Crippen MR) is 126 cm³/mol. The van der Waals surface area contributed by atoms with Crippen LogP contribution in [0.2, 0.25) is 0 Å². The van der Waals surface area contributed by atoms with Gasteiger partial charge in [-0.15, -0.1) is 0 Å². The molecule has 0 bridgehead atoms. The average Bonchev–Trinajstić information content (AvgIpc) is 2.78. The summed E-state index contributed by atoms with van der Waals surface area (Å²) in [6.07, 6.45) is 3.44. The number of nitrogens with zero attached hydrogens (tertiary/aromatic N) is 1. The first-order valence-corrected chi connectivity index (χ1v) is 11.3. The zero-order valence-electron chi connectivity index (χ0n) is 18.5. The monoisotopic (exact) mass is 417 g/mol. The molecule has 162 valence electrons. The van der Waals surface area contributed by atoms with Gasteiger partial charge in [0.05, 0.1) is 17.7 Å². The Morgan fingerprint density at radius 2 is 1.87 bits per heavy atom. The maximum Gasteiger partial charge on any atom is 0.252 e. The lowest BCUT2D eigenvalue weighted by Crippen LogP contribution is -2.43. The summed E-state index contributed by atoms with van der Waals surface area (Å²) in [5.74, 6) is 2.56. The Balaban J connectivity index is 1.61. The number of carbonyl (C=O) groups excluding carboxylic acids is 1. The van der Waals surface area contributed by atoms with Gasteiger partial charge in [0.1, 0.15) is 11.6 Å². The first-order chi connectivity index (χ1) is 15.0. The molecule has 3 aromatic rings. The van der Waals surface area contributed by atoms with Crippen molar-refractivity contribution >= 4 is 28.3 Å². The molecule has 31 heavy (non-hydrogen) atoms. The Labute approximate surface area is 184 Å². The van der Waals surface area contributed by atoms with Crippen LogP contribution in [0, 0.1) is 11.8 Å². The fraction of sp³-hybridized carbons (Fsp3) is 0.385. The Morgan fingerprint density at radius 1 is 1.10 bits per heavy atom. The van der Waals surface area contributed by atoms with E-state index in [1.165, 1.54) is 6.42 Å². The van der Waals surface area contributed by atoms with Gasteiger partial charge >= 0.3 is 0 Å². The number of para-hydroxylation sites is 1. The van der Waals surface area contributed by atoms with Crippen molar-refractivity contribution in [2.45, 2.75) is 46.1 Å². The van der Waals surface area contributed by atoms with Gasteiger partial charge in [-0.1, -0.05) is 44.9 Å². The summed E-state index contributed by atoms with van der Waals surface area (Å²) >= 11 is 0. The molecular formula is C26H31N3O2. The molecule has 2 N–H and O–H groups in total. The molecule has 1 aliphatic carbocycles. The number of rotatable bonds is 6. The number of pyridine rings is 1. The highest BCUT2D eigenvalue weighted by atomic mass is 16.5. The Bertz CT molecular complexity index is 1050. The Hall–Kier alpha value is -3.08. The quantitative estimate of drug-likeness (QED) is 0.522. The summed E-state index contributed by atoms with van der Waals surface area (Å²) < 4.78 is 5.51. The Kier molecular flexibility index (Phi) is 6.40. The molecule has 3 atom stereocenters. The van der Waals surface area contributed by atoms with Crippen LogP contribution < -0.4 is 15.4 Å². The number of ether oxygens (including phenoxy) is 1. The van der Waals surface area contributed by atoms with Gasteiger partial charge in [-0.2, -0.15) is 0 Å². The van der Waals surface area contributed by atoms with Gasteiger partial charge < -0.3 is 15.4 Å². The fourth-order valence-electron chi connectivity index (χ4n) is 4.41. The molecule has 1 saturated carbocycles. The molecule has 1 amide bonds. The molecule has 1 heterocycles. The minimum Gasteiger partial charge on any atom is -0.494 e. The maximum absolute atomic E-state index is 13.3. The SMILES string of the molecule is CCOc1ccc(Nc2cc(C(=O)N[C@@H]3CCC[C@@H](C)[C@@H]3C)c3ccccc3n2)cc1. The summed E-state index contributed by atoms with van der Waals surface area (Å²) in [5.41, 5.74) is 2.35. The smallest absolute Gasteiger partial charge is 0.252 e. The molecule has 0 spiro atoms. The first-order valence-electron chi connectivity index (χ1n) is 11.3. The van der Waals surface area contributed by atoms with Crippen molar-refractivity contribution in [3.63, 3.8) is 0 Å². The van der Waals surface area contributed by atoms with Crippen LogP contribution in [0.1, 0.15) is 50.4 Å². The van der Waals surface area contributed by atoms with Crippen LogP contribution >= 0.6 is 0 Å². The van der Waals surface area contributed by atoms with E-state index in [-0.39, 0.29) is 11.9 Å². The van der Waals surface area contributed by atoms with E-state index in [0.29, 0.717) is 29.8 Å². The highest BCUT2D eigenvalue weighted by Crippen LogP contribution is 2.30. The van der Waals surface area contributed by atoms with Crippen LogP contribution in [0.15, 0.2) is 54.6 Å². The molecule has 1 aromatic heterocycles. The number of fused-ring (bicyclic) bond motifs is 1. The van der Waals surface area contributed by atoms with Crippen molar-refractivity contribution in [1.82, 2.24) is 10.3 Å². The van der Waals surface area contributed by atoms with Crippen LogP contribution in [0.25, 0.3) is 10.9 Å². The number of anilines is 2. The van der Waals surface area contributed by atoms with Crippen molar-refractivity contribution in [2.24, 2.45) is 11.8 Å². The fourth-order valence-corrected chi connectivity index (χ4v) is 4.41. The standard InChI is InChI=1S/C26H31N3O2/c1-4-31-20-14-12-19(13-15-20)27-25-16-22(21-9-5-6-10-24(21)28-25)26(30)29-23-11-7-8-17(2)18(23)3/h5-6,9-10,12-18,23H,4,7-8,11H2,1-3H3,(H,27,28)(H,29,30)/t17-,18+,23-/m1/s1. The topological polar surface area (TPSA) is 63.2 Å². The number of aromatic nitrogens is 1. The van der Waals surface area contributed by atoms with Crippen molar-refractivity contribution in [2.75, 3.05) is 11.9 Å². The molecular weight excluding hydrogens is 386 g/mol. The molecule has 2 aromatic carbocycles. The summed E-state index contributed by atoms with van der Waals surface area (Å²) in [4.78, 5) is 18.0. The van der Waals surface area contributed by atoms with E-state index in [1.807, 2.05) is 61.5 Å². The van der Waals surface area contributed by atoms with Gasteiger partial charge in [0.25, 0.3) is 5.91 Å². The molecule has 0 saturated heterocycles. The lowest BCUT2D eigenvalue weighted by atomic mass is 9.78. The highest BCUT2D eigenvalue weighted by Gasteiger charge is 2.28. The third-order valence-electron chi connectivity index (χ3n) is 6.42. The normalized spacial score (nSPS) is 20.9. The number of hydrogen-bond donors (Lipinski definition) is 2. The van der Waals surface area contributed by atoms with E-state index in [0.717, 1.165) is 35.2 Å². The van der Waals surface area contributed by atoms with Gasteiger partial charge in [0.15, 0.2) is 0 Å². The zero-order chi connectivity index (χ0) is 21.8. The second-order valence-electron chi connectivity index (χ2n) is 8.50. The van der Waals surface area contributed by atoms with E-state index in [2.05, 4.69) is 24.5 Å². The predicted octanol–water partition coefficient (Wildman–Crippen LogP) is 5.93. The number of carbonyl (C=O) groups is 1. The van der Waals surface area contributed by atoms with E-state index < -0.39 is 0 Å². The largest absolute Gasteiger partial charge is 0.494 e. The lowest BCUT2D eigenvalue weighted by Gasteiger charge is -2.34. The van der Waals surface area contributed by atoms with E-state index in [4.69, 9.17) is 9.72 Å². The molecule has 5 heteroatoms. The van der Waals surface area contributed by atoms with Crippen LogP contribution in [-0.2, 0) is 0 Å². The van der Waals surface area contributed by atoms with Crippen LogP contribution in [0.4, 0.5) is 11.5 Å². The van der Waals surface area contributed by atoms with E-state index in [9.17, 15) is 4.79 Å².